The van der Waals surface area contributed by atoms with Crippen molar-refractivity contribution in [1.82, 2.24) is 0 Å². The van der Waals surface area contributed by atoms with Crippen molar-refractivity contribution in [1.29, 1.82) is 0 Å². The van der Waals surface area contributed by atoms with Crippen LogP contribution in [-0.2, 0) is 0 Å². The molecule has 0 aromatic carbocycles. The first kappa shape index (κ1) is 7.60. The van der Waals surface area contributed by atoms with Gasteiger partial charge in [-0.25, -0.2) is 0 Å². The molecule has 1 nitrogen and oxygen atoms in total. The molecule has 2 rings (SSSR count). The predicted molar refractivity (Wildman–Crippen MR) is 47.2 cm³/mol. The van der Waals surface area contributed by atoms with Crippen LogP contribution in [0.25, 0.3) is 0 Å². The van der Waals surface area contributed by atoms with E-state index in [9.17, 15) is 0 Å². The highest BCUT2D eigenvalue weighted by atomic mass is 14.9. The number of nitrogens with two attached hydrogens (primary N) is 1. The van der Waals surface area contributed by atoms with Gasteiger partial charge >= 0.3 is 0 Å². The maximum absolute atomic E-state index is 6.25. The van der Waals surface area contributed by atoms with E-state index < -0.39 is 0 Å². The molecule has 64 valence electrons. The fourth-order valence-corrected chi connectivity index (χ4v) is 3.28. The van der Waals surface area contributed by atoms with E-state index in [2.05, 4.69) is 13.8 Å². The Bertz CT molecular complexity index is 166. The molecule has 4 atom stereocenters. The van der Waals surface area contributed by atoms with Crippen molar-refractivity contribution in [2.45, 2.75) is 45.1 Å². The first-order valence-corrected chi connectivity index (χ1v) is 5.00. The Balaban J connectivity index is 2.00. The van der Waals surface area contributed by atoms with Gasteiger partial charge in [0.1, 0.15) is 0 Å². The average molecular weight is 153 g/mol. The highest BCUT2D eigenvalue weighted by Crippen LogP contribution is 2.60. The molecule has 0 aromatic heterocycles. The van der Waals surface area contributed by atoms with Crippen molar-refractivity contribution < 1.29 is 0 Å². The lowest BCUT2D eigenvalue weighted by molar-refractivity contribution is -0.111. The van der Waals surface area contributed by atoms with Crippen LogP contribution in [0.15, 0.2) is 0 Å². The van der Waals surface area contributed by atoms with Crippen LogP contribution in [0.5, 0.6) is 0 Å². The minimum atomic E-state index is 0.254. The van der Waals surface area contributed by atoms with Crippen molar-refractivity contribution in [3.05, 3.63) is 0 Å². The van der Waals surface area contributed by atoms with Crippen molar-refractivity contribution in [3.63, 3.8) is 0 Å². The summed E-state index contributed by atoms with van der Waals surface area (Å²) < 4.78 is 0. The monoisotopic (exact) mass is 153 g/mol. The molecule has 1 heteroatoms. The molecular weight excluding hydrogens is 134 g/mol. The second-order valence-electron chi connectivity index (χ2n) is 4.48. The standard InChI is InChI=1S/C10H19N/c1-3-7-5-8-6-10(11,4-2)9(7)8/h7-9H,3-6,11H2,1-2H3. The van der Waals surface area contributed by atoms with Gasteiger partial charge in [0.15, 0.2) is 0 Å². The largest absolute Gasteiger partial charge is 0.325 e. The van der Waals surface area contributed by atoms with E-state index in [-0.39, 0.29) is 5.54 Å². The summed E-state index contributed by atoms with van der Waals surface area (Å²) in [4.78, 5) is 0. The Morgan fingerprint density at radius 1 is 1.45 bits per heavy atom. The topological polar surface area (TPSA) is 26.0 Å². The van der Waals surface area contributed by atoms with Crippen LogP contribution in [0, 0.1) is 17.8 Å². The average Bonchev–Trinajstić information content (AvgIpc) is 1.97. The molecular formula is C10H19N. The lowest BCUT2D eigenvalue weighted by atomic mass is 9.43. The quantitative estimate of drug-likeness (QED) is 0.646. The van der Waals surface area contributed by atoms with Gasteiger partial charge in [-0.3, -0.25) is 0 Å². The summed E-state index contributed by atoms with van der Waals surface area (Å²) in [6.07, 6.45) is 5.32. The Labute approximate surface area is 69.4 Å². The summed E-state index contributed by atoms with van der Waals surface area (Å²) in [6.45, 7) is 4.54. The molecule has 0 heterocycles. The molecule has 11 heavy (non-hydrogen) atoms. The number of hydrogen-bond acceptors (Lipinski definition) is 1. The second kappa shape index (κ2) is 2.22. The normalized spacial score (nSPS) is 54.3. The number of hydrogen-bond donors (Lipinski definition) is 1. The smallest absolute Gasteiger partial charge is 0.0188 e. The molecule has 0 aromatic rings. The summed E-state index contributed by atoms with van der Waals surface area (Å²) in [5.74, 6) is 2.89. The van der Waals surface area contributed by atoms with E-state index in [0.717, 1.165) is 17.8 Å². The molecule has 2 saturated carbocycles. The maximum Gasteiger partial charge on any atom is 0.0188 e. The van der Waals surface area contributed by atoms with Gasteiger partial charge < -0.3 is 5.73 Å². The lowest BCUT2D eigenvalue weighted by Crippen LogP contribution is -2.68. The molecule has 4 unspecified atom stereocenters. The van der Waals surface area contributed by atoms with E-state index in [1.165, 1.54) is 25.7 Å². The molecule has 0 radical (unpaired) electrons. The third-order valence-corrected chi connectivity index (χ3v) is 4.11. The van der Waals surface area contributed by atoms with E-state index in [1.54, 1.807) is 0 Å². The van der Waals surface area contributed by atoms with E-state index in [1.807, 2.05) is 0 Å². The Kier molecular flexibility index (Phi) is 1.54. The van der Waals surface area contributed by atoms with Crippen LogP contribution in [-0.4, -0.2) is 5.54 Å². The summed E-state index contributed by atoms with van der Waals surface area (Å²) in [5.41, 5.74) is 6.51. The zero-order valence-electron chi connectivity index (χ0n) is 7.64. The van der Waals surface area contributed by atoms with Crippen LogP contribution in [0.4, 0.5) is 0 Å². The zero-order valence-corrected chi connectivity index (χ0v) is 7.64. The Hall–Kier alpha value is -0.0400. The summed E-state index contributed by atoms with van der Waals surface area (Å²) in [6, 6.07) is 0. The maximum atomic E-state index is 6.25. The van der Waals surface area contributed by atoms with E-state index >= 15 is 0 Å². The van der Waals surface area contributed by atoms with E-state index in [0.29, 0.717) is 0 Å². The SMILES string of the molecule is CCC1CC2CC(N)(CC)C12. The highest BCUT2D eigenvalue weighted by Gasteiger charge is 2.59. The fourth-order valence-electron chi connectivity index (χ4n) is 3.28. The van der Waals surface area contributed by atoms with Crippen LogP contribution in [0.2, 0.25) is 0 Å². The van der Waals surface area contributed by atoms with Gasteiger partial charge in [-0.05, 0) is 37.0 Å². The molecule has 2 fully saturated rings. The van der Waals surface area contributed by atoms with Crippen LogP contribution in [0.3, 0.4) is 0 Å². The van der Waals surface area contributed by atoms with Gasteiger partial charge in [-0.2, -0.15) is 0 Å². The van der Waals surface area contributed by atoms with Gasteiger partial charge in [0.05, 0.1) is 0 Å². The van der Waals surface area contributed by atoms with Crippen LogP contribution in [0.1, 0.15) is 39.5 Å². The zero-order chi connectivity index (χ0) is 8.06. The molecule has 0 bridgehead atoms. The fraction of sp³-hybridized carbons (Fsp3) is 1.00. The Morgan fingerprint density at radius 3 is 2.64 bits per heavy atom. The molecule has 0 spiro atoms. The van der Waals surface area contributed by atoms with Crippen molar-refractivity contribution in [2.24, 2.45) is 23.5 Å². The van der Waals surface area contributed by atoms with Crippen molar-refractivity contribution in [3.8, 4) is 0 Å². The summed E-state index contributed by atoms with van der Waals surface area (Å²) in [7, 11) is 0. The van der Waals surface area contributed by atoms with Gasteiger partial charge in [0, 0.05) is 5.54 Å². The summed E-state index contributed by atoms with van der Waals surface area (Å²) >= 11 is 0. The van der Waals surface area contributed by atoms with Crippen LogP contribution >= 0.6 is 0 Å². The molecule has 0 amide bonds. The molecule has 0 saturated heterocycles. The molecule has 2 N–H and O–H groups in total. The van der Waals surface area contributed by atoms with Gasteiger partial charge in [0.25, 0.3) is 0 Å². The van der Waals surface area contributed by atoms with Gasteiger partial charge in [-0.1, -0.05) is 20.3 Å². The van der Waals surface area contributed by atoms with Gasteiger partial charge in [-0.15, -0.1) is 0 Å². The summed E-state index contributed by atoms with van der Waals surface area (Å²) in [5, 5.41) is 0. The number of rotatable bonds is 2. The minimum absolute atomic E-state index is 0.254. The van der Waals surface area contributed by atoms with Crippen molar-refractivity contribution in [2.75, 3.05) is 0 Å². The molecule has 2 aliphatic carbocycles. The first-order chi connectivity index (χ1) is 5.21. The molecule has 2 aliphatic rings. The Morgan fingerprint density at radius 2 is 2.18 bits per heavy atom. The van der Waals surface area contributed by atoms with Crippen LogP contribution < -0.4 is 5.73 Å². The van der Waals surface area contributed by atoms with Crippen molar-refractivity contribution >= 4 is 0 Å². The predicted octanol–water partition coefficient (Wildman–Crippen LogP) is 2.16. The first-order valence-electron chi connectivity index (χ1n) is 5.00. The minimum Gasteiger partial charge on any atom is -0.325 e. The molecule has 0 aliphatic heterocycles. The highest BCUT2D eigenvalue weighted by molar-refractivity contribution is 5.13. The number of fused-ring (bicyclic) bond motifs is 1. The van der Waals surface area contributed by atoms with Gasteiger partial charge in [0.2, 0.25) is 0 Å². The third-order valence-electron chi connectivity index (χ3n) is 4.11. The third kappa shape index (κ3) is 0.807. The lowest BCUT2D eigenvalue weighted by Gasteiger charge is -2.64. The second-order valence-corrected chi connectivity index (χ2v) is 4.48. The van der Waals surface area contributed by atoms with E-state index in [4.69, 9.17) is 5.73 Å².